The van der Waals surface area contributed by atoms with Crippen LogP contribution >= 0.6 is 0 Å². The minimum absolute atomic E-state index is 0.0147. The van der Waals surface area contributed by atoms with E-state index in [1.807, 2.05) is 0 Å². The summed E-state index contributed by atoms with van der Waals surface area (Å²) in [6.07, 6.45) is 1.95. The van der Waals surface area contributed by atoms with E-state index in [-0.39, 0.29) is 28.4 Å². The number of carbonyl (C=O) groups excluding carboxylic acids is 1. The quantitative estimate of drug-likeness (QED) is 0.852. The monoisotopic (exact) mass is 258 g/mol. The highest BCUT2D eigenvalue weighted by Gasteiger charge is 2.32. The van der Waals surface area contributed by atoms with Crippen molar-refractivity contribution in [3.05, 3.63) is 17.6 Å². The Morgan fingerprint density at radius 1 is 1.53 bits per heavy atom. The predicted octanol–water partition coefficient (Wildman–Crippen LogP) is 0.470. The average Bonchev–Trinajstić information content (AvgIpc) is 2.98. The number of amides is 1. The molecular formula is C10H14N2O4S. The van der Waals surface area contributed by atoms with Crippen LogP contribution in [-0.2, 0) is 10.0 Å². The number of rotatable bonds is 3. The second kappa shape index (κ2) is 3.85. The second-order valence-electron chi connectivity index (χ2n) is 4.22. The maximum absolute atomic E-state index is 11.9. The molecule has 0 unspecified atom stereocenters. The summed E-state index contributed by atoms with van der Waals surface area (Å²) in [6, 6.07) is 1.43. The third-order valence-corrected chi connectivity index (χ3v) is 3.82. The first kappa shape index (κ1) is 12.1. The van der Waals surface area contributed by atoms with E-state index in [4.69, 9.17) is 9.56 Å². The molecule has 1 heterocycles. The molecule has 1 aromatic rings. The number of hydrogen-bond donors (Lipinski definition) is 1. The number of aryl methyl sites for hydroxylation is 1. The number of nitrogens with zero attached hydrogens (tertiary/aromatic N) is 1. The molecule has 0 saturated heterocycles. The van der Waals surface area contributed by atoms with Gasteiger partial charge in [0.2, 0.25) is 10.0 Å². The zero-order chi connectivity index (χ0) is 12.8. The van der Waals surface area contributed by atoms with Gasteiger partial charge < -0.3 is 9.32 Å². The third-order valence-electron chi connectivity index (χ3n) is 2.80. The van der Waals surface area contributed by atoms with Crippen molar-refractivity contribution in [1.82, 2.24) is 4.90 Å². The van der Waals surface area contributed by atoms with Gasteiger partial charge >= 0.3 is 0 Å². The molecule has 0 bridgehead atoms. The summed E-state index contributed by atoms with van der Waals surface area (Å²) >= 11 is 0. The van der Waals surface area contributed by atoms with Gasteiger partial charge in [0.1, 0.15) is 10.7 Å². The van der Waals surface area contributed by atoms with E-state index in [1.54, 1.807) is 11.9 Å². The average molecular weight is 258 g/mol. The van der Waals surface area contributed by atoms with Crippen LogP contribution in [0.15, 0.2) is 15.4 Å². The molecule has 2 rings (SSSR count). The fourth-order valence-electron chi connectivity index (χ4n) is 1.65. The molecule has 1 saturated carbocycles. The zero-order valence-electron chi connectivity index (χ0n) is 9.63. The van der Waals surface area contributed by atoms with Gasteiger partial charge in [-0.05, 0) is 19.8 Å². The van der Waals surface area contributed by atoms with Crippen molar-refractivity contribution in [2.24, 2.45) is 5.14 Å². The highest BCUT2D eigenvalue weighted by atomic mass is 32.2. The lowest BCUT2D eigenvalue weighted by Crippen LogP contribution is -2.28. The van der Waals surface area contributed by atoms with Gasteiger partial charge in [0.15, 0.2) is 5.76 Å². The lowest BCUT2D eigenvalue weighted by molar-refractivity contribution is 0.0752. The number of carbonyl (C=O) groups is 1. The van der Waals surface area contributed by atoms with Crippen molar-refractivity contribution < 1.29 is 17.6 Å². The fourth-order valence-corrected chi connectivity index (χ4v) is 2.37. The summed E-state index contributed by atoms with van der Waals surface area (Å²) in [4.78, 5) is 13.3. The Kier molecular flexibility index (Phi) is 2.75. The largest absolute Gasteiger partial charge is 0.455 e. The molecule has 0 atom stereocenters. The molecule has 94 valence electrons. The van der Waals surface area contributed by atoms with E-state index < -0.39 is 10.0 Å². The summed E-state index contributed by atoms with van der Waals surface area (Å²) in [5, 5.41) is 5.01. The minimum Gasteiger partial charge on any atom is -0.455 e. The molecule has 7 heteroatoms. The van der Waals surface area contributed by atoms with Gasteiger partial charge in [-0.3, -0.25) is 4.79 Å². The van der Waals surface area contributed by atoms with Crippen LogP contribution in [0.3, 0.4) is 0 Å². The lowest BCUT2D eigenvalue weighted by Gasteiger charge is -2.13. The van der Waals surface area contributed by atoms with Crippen LogP contribution in [-0.4, -0.2) is 32.3 Å². The van der Waals surface area contributed by atoms with Crippen LogP contribution < -0.4 is 5.14 Å². The van der Waals surface area contributed by atoms with Crippen LogP contribution in [0.2, 0.25) is 0 Å². The van der Waals surface area contributed by atoms with E-state index in [0.29, 0.717) is 0 Å². The van der Waals surface area contributed by atoms with Crippen LogP contribution in [0.4, 0.5) is 0 Å². The molecule has 2 N–H and O–H groups in total. The van der Waals surface area contributed by atoms with Crippen molar-refractivity contribution in [3.8, 4) is 0 Å². The molecule has 17 heavy (non-hydrogen) atoms. The van der Waals surface area contributed by atoms with Crippen molar-refractivity contribution in [3.63, 3.8) is 0 Å². The van der Waals surface area contributed by atoms with Gasteiger partial charge in [0, 0.05) is 19.2 Å². The first-order valence-electron chi connectivity index (χ1n) is 5.21. The van der Waals surface area contributed by atoms with Crippen molar-refractivity contribution >= 4 is 15.9 Å². The highest BCUT2D eigenvalue weighted by Crippen LogP contribution is 2.28. The number of hydrogen-bond acceptors (Lipinski definition) is 4. The topological polar surface area (TPSA) is 93.6 Å². The van der Waals surface area contributed by atoms with Gasteiger partial charge in [-0.1, -0.05) is 0 Å². The summed E-state index contributed by atoms with van der Waals surface area (Å²) in [5.41, 5.74) is 0. The number of furan rings is 1. The maximum Gasteiger partial charge on any atom is 0.289 e. The van der Waals surface area contributed by atoms with Crippen molar-refractivity contribution in [2.75, 3.05) is 7.05 Å². The van der Waals surface area contributed by atoms with Gasteiger partial charge in [-0.25, -0.2) is 13.6 Å². The maximum atomic E-state index is 11.9. The Hall–Kier alpha value is -1.34. The normalized spacial score (nSPS) is 15.9. The van der Waals surface area contributed by atoms with E-state index >= 15 is 0 Å². The first-order valence-corrected chi connectivity index (χ1v) is 6.75. The summed E-state index contributed by atoms with van der Waals surface area (Å²) in [5.74, 6) is -0.161. The SMILES string of the molecule is Cc1oc(C(=O)N(C)C2CC2)cc1S(N)(=O)=O. The zero-order valence-corrected chi connectivity index (χ0v) is 10.5. The van der Waals surface area contributed by atoms with Crippen molar-refractivity contribution in [1.29, 1.82) is 0 Å². The Morgan fingerprint density at radius 2 is 2.12 bits per heavy atom. The number of primary sulfonamides is 1. The second-order valence-corrected chi connectivity index (χ2v) is 5.75. The number of nitrogens with two attached hydrogens (primary N) is 1. The molecule has 1 aliphatic carbocycles. The van der Waals surface area contributed by atoms with Crippen LogP contribution in [0.25, 0.3) is 0 Å². The highest BCUT2D eigenvalue weighted by molar-refractivity contribution is 7.89. The molecule has 0 aliphatic heterocycles. The Bertz CT molecular complexity index is 557. The Labute approximate surface area is 99.4 Å². The van der Waals surface area contributed by atoms with Gasteiger partial charge in [0.05, 0.1) is 0 Å². The molecule has 1 aromatic heterocycles. The Balaban J connectivity index is 2.31. The molecule has 1 amide bonds. The van der Waals surface area contributed by atoms with Crippen LogP contribution in [0.5, 0.6) is 0 Å². The van der Waals surface area contributed by atoms with E-state index in [9.17, 15) is 13.2 Å². The van der Waals surface area contributed by atoms with Crippen LogP contribution in [0, 0.1) is 6.92 Å². The van der Waals surface area contributed by atoms with Gasteiger partial charge in [-0.15, -0.1) is 0 Å². The van der Waals surface area contributed by atoms with Crippen LogP contribution in [0.1, 0.15) is 29.2 Å². The predicted molar refractivity (Wildman–Crippen MR) is 59.9 cm³/mol. The summed E-state index contributed by atoms with van der Waals surface area (Å²) < 4.78 is 27.5. The Morgan fingerprint density at radius 3 is 2.53 bits per heavy atom. The third kappa shape index (κ3) is 2.34. The fraction of sp³-hybridized carbons (Fsp3) is 0.500. The molecular weight excluding hydrogens is 244 g/mol. The van der Waals surface area contributed by atoms with Gasteiger partial charge in [-0.2, -0.15) is 0 Å². The molecule has 6 nitrogen and oxygen atoms in total. The smallest absolute Gasteiger partial charge is 0.289 e. The van der Waals surface area contributed by atoms with Gasteiger partial charge in [0.25, 0.3) is 5.91 Å². The molecule has 1 aliphatic rings. The molecule has 0 spiro atoms. The number of sulfonamides is 1. The molecule has 0 aromatic carbocycles. The lowest BCUT2D eigenvalue weighted by atomic mass is 10.4. The van der Waals surface area contributed by atoms with E-state index in [0.717, 1.165) is 12.8 Å². The van der Waals surface area contributed by atoms with E-state index in [2.05, 4.69) is 0 Å². The van der Waals surface area contributed by atoms with Crippen molar-refractivity contribution in [2.45, 2.75) is 30.7 Å². The van der Waals surface area contributed by atoms with E-state index in [1.165, 1.54) is 13.0 Å². The minimum atomic E-state index is -3.84. The standard InChI is InChI=1S/C10H14N2O4S/c1-6-9(17(11,14)15)5-8(16-6)10(13)12(2)7-3-4-7/h5,7H,3-4H2,1-2H3,(H2,11,14,15). The summed E-state index contributed by atoms with van der Waals surface area (Å²) in [7, 11) is -2.17. The first-order chi connectivity index (χ1) is 7.80. The summed E-state index contributed by atoms with van der Waals surface area (Å²) in [6.45, 7) is 1.47. The molecule has 0 radical (unpaired) electrons. The molecule has 1 fully saturated rings.